The fourth-order valence-corrected chi connectivity index (χ4v) is 1.81. The molecule has 0 aromatic heterocycles. The second-order valence-corrected chi connectivity index (χ2v) is 5.01. The molecule has 0 radical (unpaired) electrons. The lowest BCUT2D eigenvalue weighted by Crippen LogP contribution is -2.47. The molecule has 6 heteroatoms. The molecule has 98 valence electrons. The zero-order valence-corrected chi connectivity index (χ0v) is 10.6. The van der Waals surface area contributed by atoms with Crippen LogP contribution in [0.3, 0.4) is 0 Å². The Kier molecular flexibility index (Phi) is 3.98. The number of carbonyl (C=O) groups excluding carboxylic acids is 1. The average molecular weight is 245 g/mol. The van der Waals surface area contributed by atoms with Crippen LogP contribution < -0.4 is 0 Å². The SMILES string of the molecule is COC1CCC(C(=O)O)N1C(=O)OC(C)(C)C. The Hall–Kier alpha value is -1.30. The summed E-state index contributed by atoms with van der Waals surface area (Å²) in [5.41, 5.74) is -0.652. The molecule has 1 saturated heterocycles. The molecular weight excluding hydrogens is 226 g/mol. The van der Waals surface area contributed by atoms with E-state index in [1.54, 1.807) is 20.8 Å². The molecule has 1 fully saturated rings. The third kappa shape index (κ3) is 3.33. The van der Waals surface area contributed by atoms with E-state index < -0.39 is 29.9 Å². The van der Waals surface area contributed by atoms with Crippen LogP contribution in [0.4, 0.5) is 4.79 Å². The Labute approximate surface area is 100 Å². The zero-order valence-electron chi connectivity index (χ0n) is 10.6. The first kappa shape index (κ1) is 13.8. The number of carbonyl (C=O) groups is 2. The number of ether oxygens (including phenoxy) is 2. The topological polar surface area (TPSA) is 76.1 Å². The Morgan fingerprint density at radius 1 is 1.29 bits per heavy atom. The van der Waals surface area contributed by atoms with E-state index in [1.165, 1.54) is 7.11 Å². The normalized spacial score (nSPS) is 24.8. The summed E-state index contributed by atoms with van der Waals surface area (Å²) in [5, 5.41) is 9.04. The molecule has 0 bridgehead atoms. The van der Waals surface area contributed by atoms with Crippen molar-refractivity contribution in [2.24, 2.45) is 0 Å². The van der Waals surface area contributed by atoms with E-state index in [0.717, 1.165) is 4.90 Å². The standard InChI is InChI=1S/C11H19NO5/c1-11(2,3)17-10(15)12-7(9(13)14)5-6-8(12)16-4/h7-8H,5-6H2,1-4H3,(H,13,14). The summed E-state index contributed by atoms with van der Waals surface area (Å²) in [4.78, 5) is 24.1. The minimum Gasteiger partial charge on any atom is -0.480 e. The Balaban J connectivity index is 2.82. The van der Waals surface area contributed by atoms with Gasteiger partial charge >= 0.3 is 12.1 Å². The van der Waals surface area contributed by atoms with Gasteiger partial charge < -0.3 is 14.6 Å². The van der Waals surface area contributed by atoms with Crippen LogP contribution in [0.5, 0.6) is 0 Å². The van der Waals surface area contributed by atoms with Crippen molar-refractivity contribution < 1.29 is 24.2 Å². The molecule has 2 unspecified atom stereocenters. The molecule has 1 amide bonds. The van der Waals surface area contributed by atoms with Crippen molar-refractivity contribution >= 4 is 12.1 Å². The molecule has 1 heterocycles. The van der Waals surface area contributed by atoms with Crippen molar-refractivity contribution in [3.63, 3.8) is 0 Å². The summed E-state index contributed by atoms with van der Waals surface area (Å²) in [5.74, 6) is -1.03. The Bertz CT molecular complexity index is 309. The van der Waals surface area contributed by atoms with Crippen LogP contribution in [-0.4, -0.2) is 47.0 Å². The molecule has 0 saturated carbocycles. The second-order valence-electron chi connectivity index (χ2n) is 5.01. The molecule has 1 rings (SSSR count). The number of hydrogen-bond acceptors (Lipinski definition) is 4. The molecule has 1 N–H and O–H groups in total. The number of hydrogen-bond donors (Lipinski definition) is 1. The zero-order chi connectivity index (χ0) is 13.2. The molecular formula is C11H19NO5. The van der Waals surface area contributed by atoms with E-state index in [-0.39, 0.29) is 0 Å². The maximum atomic E-state index is 11.9. The van der Waals surface area contributed by atoms with Crippen LogP contribution >= 0.6 is 0 Å². The highest BCUT2D eigenvalue weighted by Gasteiger charge is 2.43. The fraction of sp³-hybridized carbons (Fsp3) is 0.818. The number of carboxylic acid groups (broad SMARTS) is 1. The van der Waals surface area contributed by atoms with Gasteiger partial charge in [0, 0.05) is 7.11 Å². The van der Waals surface area contributed by atoms with Gasteiger partial charge in [-0.3, -0.25) is 4.90 Å². The van der Waals surface area contributed by atoms with Crippen molar-refractivity contribution in [1.29, 1.82) is 0 Å². The number of carboxylic acids is 1. The number of methoxy groups -OCH3 is 1. The van der Waals surface area contributed by atoms with Crippen LogP contribution in [0.1, 0.15) is 33.6 Å². The van der Waals surface area contributed by atoms with Crippen LogP contribution in [0, 0.1) is 0 Å². The summed E-state index contributed by atoms with van der Waals surface area (Å²) in [7, 11) is 1.45. The summed E-state index contributed by atoms with van der Waals surface area (Å²) < 4.78 is 10.3. The number of likely N-dealkylation sites (tertiary alicyclic amines) is 1. The van der Waals surface area contributed by atoms with Gasteiger partial charge in [-0.1, -0.05) is 0 Å². The summed E-state index contributed by atoms with van der Waals surface area (Å²) >= 11 is 0. The molecule has 1 aliphatic heterocycles. The van der Waals surface area contributed by atoms with Crippen molar-refractivity contribution in [2.45, 2.75) is 51.5 Å². The molecule has 0 aromatic carbocycles. The Morgan fingerprint density at radius 3 is 2.29 bits per heavy atom. The van der Waals surface area contributed by atoms with Crippen LogP contribution in [0.2, 0.25) is 0 Å². The lowest BCUT2D eigenvalue weighted by molar-refractivity contribution is -0.144. The second kappa shape index (κ2) is 4.91. The fourth-order valence-electron chi connectivity index (χ4n) is 1.81. The van der Waals surface area contributed by atoms with E-state index >= 15 is 0 Å². The highest BCUT2D eigenvalue weighted by atomic mass is 16.6. The van der Waals surface area contributed by atoms with Crippen molar-refractivity contribution in [3.8, 4) is 0 Å². The predicted octanol–water partition coefficient (Wildman–Crippen LogP) is 1.44. The van der Waals surface area contributed by atoms with Crippen molar-refractivity contribution in [3.05, 3.63) is 0 Å². The van der Waals surface area contributed by atoms with Gasteiger partial charge in [-0.2, -0.15) is 0 Å². The van der Waals surface area contributed by atoms with Gasteiger partial charge in [0.05, 0.1) is 0 Å². The van der Waals surface area contributed by atoms with Crippen LogP contribution in [0.25, 0.3) is 0 Å². The predicted molar refractivity (Wildman–Crippen MR) is 59.5 cm³/mol. The van der Waals surface area contributed by atoms with Gasteiger partial charge in [0.2, 0.25) is 0 Å². The first-order valence-corrected chi connectivity index (χ1v) is 5.53. The smallest absolute Gasteiger partial charge is 0.413 e. The minimum atomic E-state index is -1.03. The van der Waals surface area contributed by atoms with Gasteiger partial charge in [0.1, 0.15) is 17.9 Å². The third-order valence-corrected chi connectivity index (χ3v) is 2.49. The number of rotatable bonds is 2. The lowest BCUT2D eigenvalue weighted by Gasteiger charge is -2.30. The molecule has 17 heavy (non-hydrogen) atoms. The molecule has 0 aromatic rings. The van der Waals surface area contributed by atoms with Gasteiger partial charge in [0.25, 0.3) is 0 Å². The minimum absolute atomic E-state index is 0.382. The molecule has 1 aliphatic rings. The summed E-state index contributed by atoms with van der Waals surface area (Å²) in [6.45, 7) is 5.20. The van der Waals surface area contributed by atoms with Gasteiger partial charge in [0.15, 0.2) is 0 Å². The van der Waals surface area contributed by atoms with E-state index in [2.05, 4.69) is 0 Å². The lowest BCUT2D eigenvalue weighted by atomic mass is 10.2. The summed E-state index contributed by atoms with van der Waals surface area (Å²) in [6, 6.07) is -0.866. The van der Waals surface area contributed by atoms with Crippen LogP contribution in [-0.2, 0) is 14.3 Å². The van der Waals surface area contributed by atoms with Gasteiger partial charge in [-0.05, 0) is 33.6 Å². The first-order valence-electron chi connectivity index (χ1n) is 5.53. The molecule has 0 spiro atoms. The highest BCUT2D eigenvalue weighted by molar-refractivity contribution is 5.81. The number of amides is 1. The maximum absolute atomic E-state index is 11.9. The average Bonchev–Trinajstić information content (AvgIpc) is 2.57. The third-order valence-electron chi connectivity index (χ3n) is 2.49. The number of nitrogens with zero attached hydrogens (tertiary/aromatic N) is 1. The quantitative estimate of drug-likeness (QED) is 0.796. The molecule has 6 nitrogen and oxygen atoms in total. The van der Waals surface area contributed by atoms with E-state index in [9.17, 15) is 9.59 Å². The van der Waals surface area contributed by atoms with Gasteiger partial charge in [-0.25, -0.2) is 9.59 Å². The van der Waals surface area contributed by atoms with Gasteiger partial charge in [-0.15, -0.1) is 0 Å². The van der Waals surface area contributed by atoms with E-state index in [4.69, 9.17) is 14.6 Å². The number of aliphatic carboxylic acids is 1. The first-order chi connectivity index (χ1) is 7.76. The Morgan fingerprint density at radius 2 is 1.88 bits per heavy atom. The highest BCUT2D eigenvalue weighted by Crippen LogP contribution is 2.27. The van der Waals surface area contributed by atoms with Crippen molar-refractivity contribution in [2.75, 3.05) is 7.11 Å². The van der Waals surface area contributed by atoms with E-state index in [0.29, 0.717) is 12.8 Å². The largest absolute Gasteiger partial charge is 0.480 e. The molecule has 0 aliphatic carbocycles. The molecule has 2 atom stereocenters. The van der Waals surface area contributed by atoms with Crippen LogP contribution in [0.15, 0.2) is 0 Å². The maximum Gasteiger partial charge on any atom is 0.413 e. The van der Waals surface area contributed by atoms with Crippen molar-refractivity contribution in [1.82, 2.24) is 4.90 Å². The van der Waals surface area contributed by atoms with E-state index in [1.807, 2.05) is 0 Å². The summed E-state index contributed by atoms with van der Waals surface area (Å²) in [6.07, 6.45) is -0.278. The monoisotopic (exact) mass is 245 g/mol.